The molecule has 1 saturated carbocycles. The first-order valence-electron chi connectivity index (χ1n) is 6.97. The van der Waals surface area contributed by atoms with Gasteiger partial charge in [-0.2, -0.15) is 0 Å². The summed E-state index contributed by atoms with van der Waals surface area (Å²) in [5.74, 6) is -0.0514. The van der Waals surface area contributed by atoms with Crippen LogP contribution in [0.2, 0.25) is 0 Å². The second-order valence-electron chi connectivity index (χ2n) is 5.62. The second-order valence-corrected chi connectivity index (χ2v) is 5.62. The highest BCUT2D eigenvalue weighted by atomic mass is 16.5. The highest BCUT2D eigenvalue weighted by Gasteiger charge is 2.46. The number of rotatable bonds is 2. The summed E-state index contributed by atoms with van der Waals surface area (Å²) in [7, 11) is 1.50. The predicted molar refractivity (Wildman–Crippen MR) is 70.6 cm³/mol. The summed E-state index contributed by atoms with van der Waals surface area (Å²) in [5.41, 5.74) is 3.78. The zero-order valence-electron chi connectivity index (χ0n) is 11.0. The third-order valence-electron chi connectivity index (χ3n) is 4.68. The van der Waals surface area contributed by atoms with Crippen LogP contribution in [-0.2, 0) is 27.8 Å². The summed E-state index contributed by atoms with van der Waals surface area (Å²) in [4.78, 5) is 12.1. The van der Waals surface area contributed by atoms with Gasteiger partial charge in [-0.25, -0.2) is 0 Å². The Kier molecular flexibility index (Phi) is 2.89. The van der Waals surface area contributed by atoms with Crippen molar-refractivity contribution < 1.29 is 9.53 Å². The van der Waals surface area contributed by atoms with E-state index in [1.807, 2.05) is 0 Å². The molecule has 2 aliphatic carbocycles. The molecular formula is C16H20O2. The largest absolute Gasteiger partial charge is 0.468 e. The van der Waals surface area contributed by atoms with Crippen molar-refractivity contribution in [3.63, 3.8) is 0 Å². The minimum atomic E-state index is -0.332. The van der Waals surface area contributed by atoms with Crippen LogP contribution in [0, 0.1) is 0 Å². The van der Waals surface area contributed by atoms with Gasteiger partial charge in [0.2, 0.25) is 0 Å². The molecule has 0 radical (unpaired) electrons. The molecule has 0 saturated heterocycles. The lowest BCUT2D eigenvalue weighted by atomic mass is 9.64. The molecule has 1 fully saturated rings. The molecule has 0 unspecified atom stereocenters. The van der Waals surface area contributed by atoms with Gasteiger partial charge in [0.1, 0.15) is 0 Å². The van der Waals surface area contributed by atoms with Crippen molar-refractivity contribution in [3.05, 3.63) is 34.9 Å². The van der Waals surface area contributed by atoms with Gasteiger partial charge >= 0.3 is 5.97 Å². The topological polar surface area (TPSA) is 26.3 Å². The van der Waals surface area contributed by atoms with Crippen molar-refractivity contribution in [1.29, 1.82) is 0 Å². The van der Waals surface area contributed by atoms with Crippen LogP contribution < -0.4 is 0 Å². The molecule has 3 rings (SSSR count). The average Bonchev–Trinajstić information content (AvgIpc) is 2.37. The van der Waals surface area contributed by atoms with Crippen LogP contribution in [0.25, 0.3) is 0 Å². The Morgan fingerprint density at radius 3 is 2.44 bits per heavy atom. The predicted octanol–water partition coefficient (Wildman–Crippen LogP) is 3.16. The molecule has 18 heavy (non-hydrogen) atoms. The normalized spacial score (nSPS) is 20.7. The summed E-state index contributed by atoms with van der Waals surface area (Å²) < 4.78 is 5.02. The first-order valence-corrected chi connectivity index (χ1v) is 6.97. The highest BCUT2D eigenvalue weighted by Crippen LogP contribution is 2.45. The molecule has 0 aromatic heterocycles. The standard InChI is InChI=1S/C16H20O2/c1-18-15(17)16(9-4-10-16)14-8-7-12-5-2-3-6-13(12)11-14/h7-8,11H,2-6,9-10H2,1H3. The third-order valence-corrected chi connectivity index (χ3v) is 4.68. The van der Waals surface area contributed by atoms with Crippen LogP contribution >= 0.6 is 0 Å². The Morgan fingerprint density at radius 2 is 1.83 bits per heavy atom. The van der Waals surface area contributed by atoms with E-state index in [1.165, 1.54) is 49.5 Å². The van der Waals surface area contributed by atoms with Crippen LogP contribution in [0.4, 0.5) is 0 Å². The van der Waals surface area contributed by atoms with E-state index < -0.39 is 0 Å². The SMILES string of the molecule is COC(=O)C1(c2ccc3c(c2)CCCC3)CCC1. The molecule has 2 aliphatic rings. The van der Waals surface area contributed by atoms with Crippen LogP contribution in [0.15, 0.2) is 18.2 Å². The highest BCUT2D eigenvalue weighted by molar-refractivity contribution is 5.84. The van der Waals surface area contributed by atoms with Gasteiger partial charge in [-0.15, -0.1) is 0 Å². The van der Waals surface area contributed by atoms with Crippen molar-refractivity contribution in [1.82, 2.24) is 0 Å². The lowest BCUT2D eigenvalue weighted by Crippen LogP contribution is -2.43. The molecule has 2 heteroatoms. The van der Waals surface area contributed by atoms with Crippen molar-refractivity contribution in [2.45, 2.75) is 50.4 Å². The lowest BCUT2D eigenvalue weighted by Gasteiger charge is -2.39. The van der Waals surface area contributed by atoms with E-state index in [1.54, 1.807) is 0 Å². The fourth-order valence-electron chi connectivity index (χ4n) is 3.37. The van der Waals surface area contributed by atoms with Gasteiger partial charge in [-0.3, -0.25) is 4.79 Å². The van der Waals surface area contributed by atoms with Crippen molar-refractivity contribution in [2.24, 2.45) is 0 Å². The smallest absolute Gasteiger partial charge is 0.316 e. The van der Waals surface area contributed by atoms with Crippen LogP contribution in [0.3, 0.4) is 0 Å². The molecule has 2 nitrogen and oxygen atoms in total. The molecule has 0 aliphatic heterocycles. The summed E-state index contributed by atoms with van der Waals surface area (Å²) in [5, 5.41) is 0. The fraction of sp³-hybridized carbons (Fsp3) is 0.562. The molecule has 0 amide bonds. The summed E-state index contributed by atoms with van der Waals surface area (Å²) in [6.45, 7) is 0. The number of hydrogen-bond donors (Lipinski definition) is 0. The Bertz CT molecular complexity index is 472. The Labute approximate surface area is 108 Å². The number of carbonyl (C=O) groups excluding carboxylic acids is 1. The van der Waals surface area contributed by atoms with Crippen molar-refractivity contribution >= 4 is 5.97 Å². The van der Waals surface area contributed by atoms with Gasteiger partial charge in [-0.05, 0) is 55.2 Å². The van der Waals surface area contributed by atoms with E-state index in [0.717, 1.165) is 19.3 Å². The molecular weight excluding hydrogens is 224 g/mol. The van der Waals surface area contributed by atoms with E-state index in [0.29, 0.717) is 0 Å². The molecule has 0 spiro atoms. The Morgan fingerprint density at radius 1 is 1.11 bits per heavy atom. The Hall–Kier alpha value is -1.31. The van der Waals surface area contributed by atoms with Gasteiger partial charge in [0, 0.05) is 0 Å². The van der Waals surface area contributed by atoms with E-state index in [2.05, 4.69) is 18.2 Å². The molecule has 1 aromatic rings. The third kappa shape index (κ3) is 1.66. The second kappa shape index (κ2) is 4.42. The first-order chi connectivity index (χ1) is 8.76. The maximum absolute atomic E-state index is 12.1. The number of esters is 1. The number of ether oxygens (including phenoxy) is 1. The zero-order chi connectivity index (χ0) is 12.6. The summed E-state index contributed by atoms with van der Waals surface area (Å²) in [6, 6.07) is 6.65. The minimum Gasteiger partial charge on any atom is -0.468 e. The van der Waals surface area contributed by atoms with Crippen LogP contribution in [0.1, 0.15) is 48.8 Å². The van der Waals surface area contributed by atoms with Gasteiger partial charge in [0.05, 0.1) is 12.5 Å². The zero-order valence-corrected chi connectivity index (χ0v) is 11.0. The van der Waals surface area contributed by atoms with Gasteiger partial charge < -0.3 is 4.74 Å². The van der Waals surface area contributed by atoms with Gasteiger partial charge in [0.25, 0.3) is 0 Å². The van der Waals surface area contributed by atoms with Crippen LogP contribution in [-0.4, -0.2) is 13.1 Å². The fourth-order valence-corrected chi connectivity index (χ4v) is 3.37. The number of benzene rings is 1. The van der Waals surface area contributed by atoms with E-state index in [-0.39, 0.29) is 11.4 Å². The van der Waals surface area contributed by atoms with E-state index >= 15 is 0 Å². The number of hydrogen-bond acceptors (Lipinski definition) is 2. The monoisotopic (exact) mass is 244 g/mol. The van der Waals surface area contributed by atoms with Crippen molar-refractivity contribution in [3.8, 4) is 0 Å². The molecule has 1 aromatic carbocycles. The van der Waals surface area contributed by atoms with E-state index in [4.69, 9.17) is 4.74 Å². The number of carbonyl (C=O) groups is 1. The molecule has 0 bridgehead atoms. The molecule has 0 N–H and O–H groups in total. The maximum atomic E-state index is 12.1. The minimum absolute atomic E-state index is 0.0514. The van der Waals surface area contributed by atoms with Gasteiger partial charge in [-0.1, -0.05) is 24.6 Å². The van der Waals surface area contributed by atoms with Gasteiger partial charge in [0.15, 0.2) is 0 Å². The van der Waals surface area contributed by atoms with Crippen LogP contribution in [0.5, 0.6) is 0 Å². The summed E-state index contributed by atoms with van der Waals surface area (Å²) in [6.07, 6.45) is 7.96. The molecule has 0 atom stereocenters. The number of fused-ring (bicyclic) bond motifs is 1. The molecule has 0 heterocycles. The van der Waals surface area contributed by atoms with Crippen molar-refractivity contribution in [2.75, 3.05) is 7.11 Å². The molecule has 96 valence electrons. The quantitative estimate of drug-likeness (QED) is 0.747. The first kappa shape index (κ1) is 11.8. The lowest BCUT2D eigenvalue weighted by molar-refractivity contribution is -0.151. The Balaban J connectivity index is 1.98. The number of methoxy groups -OCH3 is 1. The summed E-state index contributed by atoms with van der Waals surface area (Å²) >= 11 is 0. The maximum Gasteiger partial charge on any atom is 0.316 e. The number of aryl methyl sites for hydroxylation is 2. The van der Waals surface area contributed by atoms with E-state index in [9.17, 15) is 4.79 Å². The average molecular weight is 244 g/mol.